The zero-order valence-corrected chi connectivity index (χ0v) is 22.8. The van der Waals surface area contributed by atoms with Crippen LogP contribution in [0.25, 0.3) is 27.3 Å². The van der Waals surface area contributed by atoms with E-state index in [4.69, 9.17) is 26.0 Å². The zero-order chi connectivity index (χ0) is 27.6. The number of rotatable bonds is 7. The van der Waals surface area contributed by atoms with Gasteiger partial charge in [-0.3, -0.25) is 4.57 Å². The number of ether oxygens (including phenoxy) is 2. The number of pyridine rings is 2. The van der Waals surface area contributed by atoms with Crippen LogP contribution in [0.1, 0.15) is 42.7 Å². The van der Waals surface area contributed by atoms with E-state index in [1.165, 1.54) is 0 Å². The van der Waals surface area contributed by atoms with Gasteiger partial charge in [-0.25, -0.2) is 15.0 Å². The van der Waals surface area contributed by atoms with Crippen LogP contribution in [0.4, 0.5) is 17.2 Å². The van der Waals surface area contributed by atoms with Gasteiger partial charge in [-0.2, -0.15) is 0 Å². The third kappa shape index (κ3) is 4.87. The number of aryl methyl sites for hydroxylation is 2. The fraction of sp³-hybridized carbons (Fsp3) is 0.300. The molecule has 0 amide bonds. The SMILES string of the molecule is [C-]#[N+]c1cccc(Cc2cc(Nc3ccc(-c4cncn4C)cc3OC)c3nc(C)n(C4CCCCO4)c3n2)n1. The number of benzene rings is 1. The minimum Gasteiger partial charge on any atom is -0.495 e. The lowest BCUT2D eigenvalue weighted by Crippen LogP contribution is -2.19. The van der Waals surface area contributed by atoms with Crippen molar-refractivity contribution in [1.29, 1.82) is 0 Å². The van der Waals surface area contributed by atoms with E-state index >= 15 is 0 Å². The molecule has 1 aromatic carbocycles. The van der Waals surface area contributed by atoms with Crippen LogP contribution in [0.3, 0.4) is 0 Å². The number of nitrogens with zero attached hydrogens (tertiary/aromatic N) is 7. The number of imidazole rings is 2. The zero-order valence-electron chi connectivity index (χ0n) is 22.8. The van der Waals surface area contributed by atoms with E-state index in [1.54, 1.807) is 19.5 Å². The van der Waals surface area contributed by atoms with Crippen molar-refractivity contribution < 1.29 is 9.47 Å². The third-order valence-electron chi connectivity index (χ3n) is 7.17. The van der Waals surface area contributed by atoms with Crippen molar-refractivity contribution in [2.45, 2.75) is 38.8 Å². The van der Waals surface area contributed by atoms with Crippen LogP contribution in [-0.2, 0) is 18.2 Å². The lowest BCUT2D eigenvalue weighted by Gasteiger charge is -2.25. The molecule has 40 heavy (non-hydrogen) atoms. The highest BCUT2D eigenvalue weighted by Crippen LogP contribution is 2.36. The first-order valence-electron chi connectivity index (χ1n) is 13.3. The minimum atomic E-state index is -0.106. The molecule has 1 aliphatic heterocycles. The van der Waals surface area contributed by atoms with Crippen LogP contribution in [0.2, 0.25) is 0 Å². The Hall–Kier alpha value is -4.75. The van der Waals surface area contributed by atoms with Gasteiger partial charge in [0.2, 0.25) is 0 Å². The Bertz CT molecular complexity index is 1730. The molecule has 1 N–H and O–H groups in total. The number of aromatic nitrogens is 6. The molecule has 0 spiro atoms. The molecule has 10 heteroatoms. The van der Waals surface area contributed by atoms with Crippen molar-refractivity contribution in [3.05, 3.63) is 83.6 Å². The second-order valence-electron chi connectivity index (χ2n) is 9.89. The maximum absolute atomic E-state index is 7.34. The molecule has 5 aromatic rings. The lowest BCUT2D eigenvalue weighted by molar-refractivity contribution is -0.0309. The Morgan fingerprint density at radius 3 is 2.75 bits per heavy atom. The largest absolute Gasteiger partial charge is 0.495 e. The Labute approximate surface area is 232 Å². The molecule has 1 saturated heterocycles. The van der Waals surface area contributed by atoms with Crippen molar-refractivity contribution in [2.75, 3.05) is 19.0 Å². The van der Waals surface area contributed by atoms with Gasteiger partial charge in [-0.15, -0.1) is 4.98 Å². The molecule has 0 saturated carbocycles. The number of nitrogens with one attached hydrogen (secondary N) is 1. The topological polar surface area (TPSA) is 96.3 Å². The van der Waals surface area contributed by atoms with Crippen LogP contribution >= 0.6 is 0 Å². The predicted octanol–water partition coefficient (Wildman–Crippen LogP) is 6.13. The van der Waals surface area contributed by atoms with E-state index in [2.05, 4.69) is 24.7 Å². The summed E-state index contributed by atoms with van der Waals surface area (Å²) in [6.45, 7) is 10.1. The number of anilines is 2. The Balaban J connectivity index is 1.44. The average Bonchev–Trinajstić information content (AvgIpc) is 3.56. The second-order valence-corrected chi connectivity index (χ2v) is 9.89. The molecule has 1 aliphatic rings. The van der Waals surface area contributed by atoms with E-state index in [9.17, 15) is 0 Å². The molecule has 1 unspecified atom stereocenters. The van der Waals surface area contributed by atoms with Gasteiger partial charge < -0.3 is 24.2 Å². The lowest BCUT2D eigenvalue weighted by atomic mass is 10.1. The number of methoxy groups -OCH3 is 1. The summed E-state index contributed by atoms with van der Waals surface area (Å²) >= 11 is 0. The van der Waals surface area contributed by atoms with Crippen LogP contribution in [0.5, 0.6) is 5.75 Å². The van der Waals surface area contributed by atoms with E-state index in [0.29, 0.717) is 18.0 Å². The van der Waals surface area contributed by atoms with Gasteiger partial charge in [0.25, 0.3) is 5.82 Å². The summed E-state index contributed by atoms with van der Waals surface area (Å²) in [4.78, 5) is 22.2. The highest BCUT2D eigenvalue weighted by atomic mass is 16.5. The van der Waals surface area contributed by atoms with Gasteiger partial charge in [0.15, 0.2) is 5.65 Å². The summed E-state index contributed by atoms with van der Waals surface area (Å²) in [5.41, 5.74) is 6.73. The molecule has 4 aromatic heterocycles. The number of hydrogen-bond donors (Lipinski definition) is 1. The normalized spacial score (nSPS) is 15.2. The molecular formula is C30H30N8O2. The van der Waals surface area contributed by atoms with E-state index in [1.807, 2.05) is 61.1 Å². The molecule has 0 aliphatic carbocycles. The van der Waals surface area contributed by atoms with Gasteiger partial charge in [0.1, 0.15) is 29.0 Å². The smallest absolute Gasteiger partial charge is 0.269 e. The van der Waals surface area contributed by atoms with E-state index in [-0.39, 0.29) is 6.23 Å². The van der Waals surface area contributed by atoms with Crippen molar-refractivity contribution in [2.24, 2.45) is 7.05 Å². The molecule has 1 atom stereocenters. The second kappa shape index (κ2) is 10.8. The van der Waals surface area contributed by atoms with Crippen LogP contribution in [-0.4, -0.2) is 42.8 Å². The first-order valence-corrected chi connectivity index (χ1v) is 13.3. The van der Waals surface area contributed by atoms with Crippen molar-refractivity contribution in [1.82, 2.24) is 29.1 Å². The van der Waals surface area contributed by atoms with Crippen molar-refractivity contribution >= 4 is 28.4 Å². The van der Waals surface area contributed by atoms with Gasteiger partial charge >= 0.3 is 0 Å². The predicted molar refractivity (Wildman–Crippen MR) is 153 cm³/mol. The summed E-state index contributed by atoms with van der Waals surface area (Å²) in [6.07, 6.45) is 7.05. The van der Waals surface area contributed by atoms with Crippen LogP contribution in [0.15, 0.2) is 55.0 Å². The summed E-state index contributed by atoms with van der Waals surface area (Å²) in [6, 6.07) is 13.5. The molecule has 202 valence electrons. The van der Waals surface area contributed by atoms with Gasteiger partial charge in [-0.05, 0) is 56.5 Å². The maximum atomic E-state index is 7.34. The van der Waals surface area contributed by atoms with E-state index < -0.39 is 0 Å². The molecule has 0 radical (unpaired) electrons. The molecule has 0 bridgehead atoms. The number of fused-ring (bicyclic) bond motifs is 1. The van der Waals surface area contributed by atoms with Gasteiger partial charge in [-0.1, -0.05) is 18.7 Å². The summed E-state index contributed by atoms with van der Waals surface area (Å²) in [5.74, 6) is 1.91. The fourth-order valence-electron chi connectivity index (χ4n) is 5.23. The van der Waals surface area contributed by atoms with Crippen molar-refractivity contribution in [3.8, 4) is 17.0 Å². The molecule has 6 rings (SSSR count). The maximum Gasteiger partial charge on any atom is 0.269 e. The molecule has 10 nitrogen and oxygen atoms in total. The Morgan fingerprint density at radius 2 is 2.00 bits per heavy atom. The minimum absolute atomic E-state index is 0.106. The molecular weight excluding hydrogens is 504 g/mol. The van der Waals surface area contributed by atoms with E-state index in [0.717, 1.165) is 76.9 Å². The molecule has 5 heterocycles. The average molecular weight is 535 g/mol. The van der Waals surface area contributed by atoms with Crippen molar-refractivity contribution in [3.63, 3.8) is 0 Å². The third-order valence-corrected chi connectivity index (χ3v) is 7.17. The fourth-order valence-corrected chi connectivity index (χ4v) is 5.23. The quantitative estimate of drug-likeness (QED) is 0.251. The standard InChI is InChI=1S/C30H30N8O2/c1-19-33-29-24(36-23-12-11-20(14-26(23)39-4)25-17-32-18-37(25)3)16-22(15-21-8-7-9-27(31-2)34-21)35-30(29)38(19)28-10-5-6-13-40-28/h7-9,11-12,14,16-18,28H,5-6,10,13,15H2,1,3-4H3,(H,35,36). The van der Waals surface area contributed by atoms with Gasteiger partial charge in [0.05, 0.1) is 48.8 Å². The first kappa shape index (κ1) is 25.5. The summed E-state index contributed by atoms with van der Waals surface area (Å²) in [7, 11) is 3.63. The van der Waals surface area contributed by atoms with Gasteiger partial charge in [0, 0.05) is 19.2 Å². The van der Waals surface area contributed by atoms with Crippen LogP contribution < -0.4 is 10.1 Å². The first-order chi connectivity index (χ1) is 19.5. The molecule has 1 fully saturated rings. The highest BCUT2D eigenvalue weighted by molar-refractivity contribution is 5.90. The summed E-state index contributed by atoms with van der Waals surface area (Å²) in [5, 5.41) is 3.57. The highest BCUT2D eigenvalue weighted by Gasteiger charge is 2.24. The monoisotopic (exact) mass is 534 g/mol. The summed E-state index contributed by atoms with van der Waals surface area (Å²) < 4.78 is 16.0. The Morgan fingerprint density at radius 1 is 1.10 bits per heavy atom. The Kier molecular flexibility index (Phi) is 6.88. The number of hydrogen-bond acceptors (Lipinski definition) is 7. The van der Waals surface area contributed by atoms with Crippen LogP contribution in [0, 0.1) is 13.5 Å².